The third kappa shape index (κ3) is 2.82. The second-order valence-corrected chi connectivity index (χ2v) is 4.61. The van der Waals surface area contributed by atoms with Crippen molar-refractivity contribution in [3.63, 3.8) is 0 Å². The highest BCUT2D eigenvalue weighted by molar-refractivity contribution is 5.41. The van der Waals surface area contributed by atoms with Crippen LogP contribution in [-0.2, 0) is 6.42 Å². The average Bonchev–Trinajstić information content (AvgIpc) is 2.74. The van der Waals surface area contributed by atoms with Crippen LogP contribution >= 0.6 is 0 Å². The fourth-order valence-electron chi connectivity index (χ4n) is 2.06. The van der Waals surface area contributed by atoms with E-state index in [1.807, 2.05) is 4.52 Å². The van der Waals surface area contributed by atoms with Gasteiger partial charge in [-0.05, 0) is 44.5 Å². The highest BCUT2D eigenvalue weighted by Gasteiger charge is 2.08. The van der Waals surface area contributed by atoms with Gasteiger partial charge in [0, 0.05) is 18.2 Å². The van der Waals surface area contributed by atoms with Crippen LogP contribution in [0, 0.1) is 6.92 Å². The molecule has 4 nitrogen and oxygen atoms in total. The van der Waals surface area contributed by atoms with Crippen molar-refractivity contribution >= 4 is 5.65 Å². The Morgan fingerprint density at radius 3 is 3.00 bits per heavy atom. The first-order valence-electron chi connectivity index (χ1n) is 6.23. The molecule has 2 aromatic rings. The van der Waals surface area contributed by atoms with E-state index in [4.69, 9.17) is 0 Å². The average molecular weight is 232 g/mol. The molecule has 1 unspecified atom stereocenters. The van der Waals surface area contributed by atoms with Crippen LogP contribution in [0.15, 0.2) is 18.5 Å². The fourth-order valence-corrected chi connectivity index (χ4v) is 2.06. The van der Waals surface area contributed by atoms with Crippen LogP contribution in [0.1, 0.15) is 31.5 Å². The van der Waals surface area contributed by atoms with Crippen LogP contribution in [0.3, 0.4) is 0 Å². The first-order chi connectivity index (χ1) is 8.20. The molecule has 0 radical (unpaired) electrons. The van der Waals surface area contributed by atoms with Gasteiger partial charge in [0.25, 0.3) is 0 Å². The molecule has 17 heavy (non-hydrogen) atoms. The molecule has 0 aliphatic rings. The number of nitrogens with zero attached hydrogens (tertiary/aromatic N) is 3. The number of aryl methyl sites for hydroxylation is 1. The lowest BCUT2D eigenvalue weighted by atomic mass is 10.1. The molecule has 0 aromatic carbocycles. The van der Waals surface area contributed by atoms with E-state index in [-0.39, 0.29) is 0 Å². The van der Waals surface area contributed by atoms with Gasteiger partial charge in [-0.1, -0.05) is 6.92 Å². The Morgan fingerprint density at radius 2 is 2.24 bits per heavy atom. The molecule has 0 spiro atoms. The first-order valence-corrected chi connectivity index (χ1v) is 6.23. The van der Waals surface area contributed by atoms with Crippen molar-refractivity contribution < 1.29 is 0 Å². The minimum atomic E-state index is 0.462. The zero-order chi connectivity index (χ0) is 12.3. The third-order valence-electron chi connectivity index (χ3n) is 2.86. The first kappa shape index (κ1) is 12.0. The van der Waals surface area contributed by atoms with E-state index >= 15 is 0 Å². The van der Waals surface area contributed by atoms with Crippen molar-refractivity contribution in [3.8, 4) is 0 Å². The summed E-state index contributed by atoms with van der Waals surface area (Å²) in [6.45, 7) is 7.55. The lowest BCUT2D eigenvalue weighted by Crippen LogP contribution is -2.29. The Labute approximate surface area is 102 Å². The molecule has 4 heteroatoms. The number of hydrogen-bond acceptors (Lipinski definition) is 3. The number of fused-ring (bicyclic) bond motifs is 1. The van der Waals surface area contributed by atoms with Gasteiger partial charge >= 0.3 is 0 Å². The maximum atomic E-state index is 4.27. The summed E-state index contributed by atoms with van der Waals surface area (Å²) in [6, 6.07) is 4.70. The molecule has 0 saturated heterocycles. The van der Waals surface area contributed by atoms with E-state index in [1.165, 1.54) is 11.3 Å². The van der Waals surface area contributed by atoms with Crippen LogP contribution in [0.5, 0.6) is 0 Å². The van der Waals surface area contributed by atoms with Gasteiger partial charge < -0.3 is 5.32 Å². The quantitative estimate of drug-likeness (QED) is 0.857. The summed E-state index contributed by atoms with van der Waals surface area (Å²) in [6.07, 6.45) is 3.75. The molecule has 0 aliphatic carbocycles. The molecule has 2 heterocycles. The van der Waals surface area contributed by atoms with Crippen LogP contribution in [0.25, 0.3) is 5.65 Å². The second kappa shape index (κ2) is 5.27. The number of nitrogens with one attached hydrogen (secondary N) is 1. The van der Waals surface area contributed by atoms with Crippen molar-refractivity contribution in [1.82, 2.24) is 19.9 Å². The minimum absolute atomic E-state index is 0.462. The number of hydrogen-bond donors (Lipinski definition) is 1. The summed E-state index contributed by atoms with van der Waals surface area (Å²) >= 11 is 0. The Bertz CT molecular complexity index is 489. The van der Waals surface area contributed by atoms with E-state index in [2.05, 4.69) is 48.3 Å². The number of pyridine rings is 1. The predicted molar refractivity (Wildman–Crippen MR) is 69.2 cm³/mol. The fraction of sp³-hybridized carbons (Fsp3) is 0.538. The van der Waals surface area contributed by atoms with Gasteiger partial charge in [0.2, 0.25) is 0 Å². The number of aromatic nitrogens is 3. The molecule has 92 valence electrons. The van der Waals surface area contributed by atoms with E-state index in [0.717, 1.165) is 25.0 Å². The van der Waals surface area contributed by atoms with Crippen molar-refractivity contribution in [3.05, 3.63) is 29.7 Å². The van der Waals surface area contributed by atoms with Gasteiger partial charge in [0.1, 0.15) is 6.33 Å². The van der Waals surface area contributed by atoms with Crippen molar-refractivity contribution in [2.75, 3.05) is 6.54 Å². The Morgan fingerprint density at radius 1 is 1.41 bits per heavy atom. The molecule has 0 bridgehead atoms. The van der Waals surface area contributed by atoms with Crippen molar-refractivity contribution in [2.45, 2.75) is 39.7 Å². The predicted octanol–water partition coefficient (Wildman–Crippen LogP) is 1.97. The summed E-state index contributed by atoms with van der Waals surface area (Å²) in [7, 11) is 0. The van der Waals surface area contributed by atoms with Gasteiger partial charge in [-0.2, -0.15) is 5.10 Å². The zero-order valence-electron chi connectivity index (χ0n) is 10.8. The van der Waals surface area contributed by atoms with Gasteiger partial charge in [-0.25, -0.2) is 9.50 Å². The summed E-state index contributed by atoms with van der Waals surface area (Å²) in [5.74, 6) is 0. The Kier molecular flexibility index (Phi) is 3.74. The Hall–Kier alpha value is -1.42. The lowest BCUT2D eigenvalue weighted by molar-refractivity contribution is 0.533. The van der Waals surface area contributed by atoms with Gasteiger partial charge in [-0.15, -0.1) is 0 Å². The van der Waals surface area contributed by atoms with E-state index in [1.54, 1.807) is 6.33 Å². The molecule has 1 N–H and O–H groups in total. The molecule has 0 fully saturated rings. The zero-order valence-corrected chi connectivity index (χ0v) is 10.8. The van der Waals surface area contributed by atoms with Crippen LogP contribution in [-0.4, -0.2) is 27.2 Å². The minimum Gasteiger partial charge on any atom is -0.314 e. The maximum absolute atomic E-state index is 4.27. The highest BCUT2D eigenvalue weighted by Crippen LogP contribution is 2.10. The molecule has 2 rings (SSSR count). The Balaban J connectivity index is 2.19. The van der Waals surface area contributed by atoms with Gasteiger partial charge in [0.15, 0.2) is 5.65 Å². The van der Waals surface area contributed by atoms with Gasteiger partial charge in [0.05, 0.1) is 0 Å². The van der Waals surface area contributed by atoms with Crippen molar-refractivity contribution in [1.29, 1.82) is 0 Å². The summed E-state index contributed by atoms with van der Waals surface area (Å²) in [4.78, 5) is 4.24. The molecule has 2 aromatic heterocycles. The largest absolute Gasteiger partial charge is 0.314 e. The summed E-state index contributed by atoms with van der Waals surface area (Å²) in [5, 5.41) is 7.77. The molecular weight excluding hydrogens is 212 g/mol. The lowest BCUT2D eigenvalue weighted by Gasteiger charge is -2.14. The van der Waals surface area contributed by atoms with E-state index < -0.39 is 0 Å². The third-order valence-corrected chi connectivity index (χ3v) is 2.86. The van der Waals surface area contributed by atoms with Crippen LogP contribution in [0.2, 0.25) is 0 Å². The standard InChI is InChI=1S/C13H20N4/c1-4-5-14-11(3)8-12-6-10(2)7-13-15-9-16-17(12)13/h6-7,9,11,14H,4-5,8H2,1-3H3. The topological polar surface area (TPSA) is 42.2 Å². The molecule has 0 amide bonds. The molecule has 0 saturated carbocycles. The molecule has 1 atom stereocenters. The van der Waals surface area contributed by atoms with E-state index in [9.17, 15) is 0 Å². The van der Waals surface area contributed by atoms with E-state index in [0.29, 0.717) is 6.04 Å². The summed E-state index contributed by atoms with van der Waals surface area (Å²) < 4.78 is 1.93. The second-order valence-electron chi connectivity index (χ2n) is 4.61. The normalized spacial score (nSPS) is 13.1. The van der Waals surface area contributed by atoms with Crippen LogP contribution in [0.4, 0.5) is 0 Å². The SMILES string of the molecule is CCCNC(C)Cc1cc(C)cc2ncnn12. The highest BCUT2D eigenvalue weighted by atomic mass is 15.3. The number of rotatable bonds is 5. The maximum Gasteiger partial charge on any atom is 0.155 e. The molecular formula is C13H20N4. The molecule has 0 aliphatic heterocycles. The monoisotopic (exact) mass is 232 g/mol. The van der Waals surface area contributed by atoms with Crippen LogP contribution < -0.4 is 5.32 Å². The van der Waals surface area contributed by atoms with Crippen molar-refractivity contribution in [2.24, 2.45) is 0 Å². The summed E-state index contributed by atoms with van der Waals surface area (Å²) in [5.41, 5.74) is 3.39. The van der Waals surface area contributed by atoms with Gasteiger partial charge in [-0.3, -0.25) is 0 Å². The smallest absolute Gasteiger partial charge is 0.155 e.